The van der Waals surface area contributed by atoms with Crippen molar-refractivity contribution in [3.05, 3.63) is 57.6 Å². The zero-order valence-corrected chi connectivity index (χ0v) is 13.3. The quantitative estimate of drug-likeness (QED) is 0.921. The van der Waals surface area contributed by atoms with Crippen molar-refractivity contribution in [2.75, 3.05) is 14.2 Å². The van der Waals surface area contributed by atoms with Gasteiger partial charge in [-0.3, -0.25) is 0 Å². The summed E-state index contributed by atoms with van der Waals surface area (Å²) in [6, 6.07) is 11.3. The van der Waals surface area contributed by atoms with E-state index in [2.05, 4.69) is 15.9 Å². The highest BCUT2D eigenvalue weighted by Gasteiger charge is 2.18. The van der Waals surface area contributed by atoms with Crippen LogP contribution >= 0.6 is 15.9 Å². The molecule has 0 radical (unpaired) electrons. The number of ether oxygens (including phenoxy) is 2. The molecule has 0 aliphatic heterocycles. The van der Waals surface area contributed by atoms with Crippen molar-refractivity contribution >= 4 is 15.9 Å². The molecular formula is C16H17BrO3. The van der Waals surface area contributed by atoms with Gasteiger partial charge < -0.3 is 14.6 Å². The lowest BCUT2D eigenvalue weighted by atomic mass is 9.99. The first-order valence-corrected chi connectivity index (χ1v) is 7.02. The zero-order valence-electron chi connectivity index (χ0n) is 11.7. The van der Waals surface area contributed by atoms with E-state index in [0.29, 0.717) is 17.1 Å². The number of hydrogen-bond acceptors (Lipinski definition) is 3. The van der Waals surface area contributed by atoms with Crippen LogP contribution in [-0.2, 0) is 0 Å². The van der Waals surface area contributed by atoms with Gasteiger partial charge in [0.15, 0.2) is 0 Å². The van der Waals surface area contributed by atoms with Crippen LogP contribution in [0, 0.1) is 6.92 Å². The average molecular weight is 337 g/mol. The molecule has 1 atom stereocenters. The van der Waals surface area contributed by atoms with Crippen LogP contribution in [0.3, 0.4) is 0 Å². The highest BCUT2D eigenvalue weighted by Crippen LogP contribution is 2.35. The second kappa shape index (κ2) is 6.29. The molecule has 0 aliphatic rings. The smallest absolute Gasteiger partial charge is 0.128 e. The summed E-state index contributed by atoms with van der Waals surface area (Å²) in [6.45, 7) is 1.99. The lowest BCUT2D eigenvalue weighted by molar-refractivity contribution is 0.213. The van der Waals surface area contributed by atoms with Crippen LogP contribution in [0.15, 0.2) is 40.9 Å². The number of rotatable bonds is 4. The van der Waals surface area contributed by atoms with E-state index in [1.54, 1.807) is 20.3 Å². The highest BCUT2D eigenvalue weighted by atomic mass is 79.9. The third-order valence-electron chi connectivity index (χ3n) is 3.18. The Morgan fingerprint density at radius 1 is 1.00 bits per heavy atom. The second-order valence-electron chi connectivity index (χ2n) is 4.54. The van der Waals surface area contributed by atoms with Crippen LogP contribution in [0.25, 0.3) is 0 Å². The number of aryl methyl sites for hydroxylation is 1. The van der Waals surface area contributed by atoms with Crippen LogP contribution in [0.2, 0.25) is 0 Å². The van der Waals surface area contributed by atoms with Crippen molar-refractivity contribution in [1.29, 1.82) is 0 Å². The lowest BCUT2D eigenvalue weighted by Gasteiger charge is -2.17. The number of benzene rings is 2. The summed E-state index contributed by atoms with van der Waals surface area (Å²) in [5.41, 5.74) is 2.61. The molecule has 0 aliphatic carbocycles. The van der Waals surface area contributed by atoms with Crippen molar-refractivity contribution < 1.29 is 14.6 Å². The van der Waals surface area contributed by atoms with Crippen LogP contribution in [0.5, 0.6) is 11.5 Å². The maximum Gasteiger partial charge on any atom is 0.128 e. The van der Waals surface area contributed by atoms with Crippen molar-refractivity contribution in [1.82, 2.24) is 0 Å². The summed E-state index contributed by atoms with van der Waals surface area (Å²) < 4.78 is 11.4. The van der Waals surface area contributed by atoms with Crippen molar-refractivity contribution in [3.8, 4) is 11.5 Å². The van der Waals surface area contributed by atoms with Gasteiger partial charge in [0.25, 0.3) is 0 Å². The molecule has 106 valence electrons. The van der Waals surface area contributed by atoms with Crippen LogP contribution in [0.4, 0.5) is 0 Å². The highest BCUT2D eigenvalue weighted by molar-refractivity contribution is 9.10. The van der Waals surface area contributed by atoms with Gasteiger partial charge in [0.1, 0.15) is 17.6 Å². The fourth-order valence-electron chi connectivity index (χ4n) is 2.08. The first kappa shape index (κ1) is 14.9. The van der Waals surface area contributed by atoms with E-state index in [9.17, 15) is 5.11 Å². The van der Waals surface area contributed by atoms with Gasteiger partial charge in [0, 0.05) is 16.1 Å². The molecule has 0 bridgehead atoms. The molecule has 2 rings (SSSR count). The van der Waals surface area contributed by atoms with E-state index in [4.69, 9.17) is 9.47 Å². The molecule has 1 N–H and O–H groups in total. The fourth-order valence-corrected chi connectivity index (χ4v) is 2.55. The number of methoxy groups -OCH3 is 2. The van der Waals surface area contributed by atoms with E-state index in [0.717, 1.165) is 15.6 Å². The van der Waals surface area contributed by atoms with E-state index in [1.807, 2.05) is 37.3 Å². The first-order valence-electron chi connectivity index (χ1n) is 6.23. The molecule has 4 heteroatoms. The number of aliphatic hydroxyl groups excluding tert-OH is 1. The summed E-state index contributed by atoms with van der Waals surface area (Å²) >= 11 is 3.48. The molecule has 0 aromatic heterocycles. The summed E-state index contributed by atoms with van der Waals surface area (Å²) in [5, 5.41) is 10.6. The average Bonchev–Trinajstić information content (AvgIpc) is 2.48. The van der Waals surface area contributed by atoms with Crippen LogP contribution in [-0.4, -0.2) is 19.3 Å². The Morgan fingerprint density at radius 3 is 2.40 bits per heavy atom. The molecule has 0 fully saturated rings. The molecule has 0 heterocycles. The Kier molecular flexibility index (Phi) is 4.68. The van der Waals surface area contributed by atoms with Crippen LogP contribution < -0.4 is 9.47 Å². The Balaban J connectivity index is 2.47. The normalized spacial score (nSPS) is 12.1. The standard InChI is InChI=1S/C16H17BrO3/c1-10-4-7-14(17)13(8-10)16(18)12-6-5-11(19-2)9-15(12)20-3/h4-9,16,18H,1-3H3. The summed E-state index contributed by atoms with van der Waals surface area (Å²) in [4.78, 5) is 0. The fraction of sp³-hybridized carbons (Fsp3) is 0.250. The SMILES string of the molecule is COc1ccc(C(O)c2cc(C)ccc2Br)c(OC)c1. The predicted molar refractivity (Wildman–Crippen MR) is 82.5 cm³/mol. The number of halogens is 1. The third kappa shape index (κ3) is 2.97. The minimum Gasteiger partial charge on any atom is -0.497 e. The van der Waals surface area contributed by atoms with E-state index in [-0.39, 0.29) is 0 Å². The van der Waals surface area contributed by atoms with Crippen LogP contribution in [0.1, 0.15) is 22.8 Å². The van der Waals surface area contributed by atoms with Gasteiger partial charge in [-0.05, 0) is 30.7 Å². The second-order valence-corrected chi connectivity index (χ2v) is 5.39. The molecule has 2 aromatic rings. The number of aliphatic hydroxyl groups is 1. The van der Waals surface area contributed by atoms with Gasteiger partial charge in [-0.15, -0.1) is 0 Å². The van der Waals surface area contributed by atoms with Gasteiger partial charge >= 0.3 is 0 Å². The Bertz CT molecular complexity index is 611. The van der Waals surface area contributed by atoms with E-state index in [1.165, 1.54) is 0 Å². The summed E-state index contributed by atoms with van der Waals surface area (Å²) in [6.07, 6.45) is -0.759. The molecule has 0 saturated carbocycles. The summed E-state index contributed by atoms with van der Waals surface area (Å²) in [7, 11) is 3.18. The van der Waals surface area contributed by atoms with Crippen molar-refractivity contribution in [3.63, 3.8) is 0 Å². The van der Waals surface area contributed by atoms with Gasteiger partial charge in [-0.25, -0.2) is 0 Å². The molecule has 3 nitrogen and oxygen atoms in total. The molecule has 0 saturated heterocycles. The van der Waals surface area contributed by atoms with E-state index < -0.39 is 6.10 Å². The van der Waals surface area contributed by atoms with Crippen molar-refractivity contribution in [2.45, 2.75) is 13.0 Å². The van der Waals surface area contributed by atoms with Gasteiger partial charge in [-0.2, -0.15) is 0 Å². The summed E-state index contributed by atoms with van der Waals surface area (Å²) in [5.74, 6) is 1.30. The minimum atomic E-state index is -0.759. The topological polar surface area (TPSA) is 38.7 Å². The van der Waals surface area contributed by atoms with Gasteiger partial charge in [0.2, 0.25) is 0 Å². The molecule has 1 unspecified atom stereocenters. The maximum atomic E-state index is 10.6. The molecule has 2 aromatic carbocycles. The lowest BCUT2D eigenvalue weighted by Crippen LogP contribution is -2.04. The van der Waals surface area contributed by atoms with Crippen molar-refractivity contribution in [2.24, 2.45) is 0 Å². The van der Waals surface area contributed by atoms with Gasteiger partial charge in [0.05, 0.1) is 14.2 Å². The molecule has 0 amide bonds. The predicted octanol–water partition coefficient (Wildman–Crippen LogP) is 3.86. The Hall–Kier alpha value is -1.52. The molecular weight excluding hydrogens is 320 g/mol. The Labute approximate surface area is 127 Å². The van der Waals surface area contributed by atoms with Gasteiger partial charge in [-0.1, -0.05) is 33.6 Å². The van der Waals surface area contributed by atoms with E-state index >= 15 is 0 Å². The Morgan fingerprint density at radius 2 is 1.75 bits per heavy atom. The molecule has 20 heavy (non-hydrogen) atoms. The third-order valence-corrected chi connectivity index (χ3v) is 3.90. The largest absolute Gasteiger partial charge is 0.497 e. The number of hydrogen-bond donors (Lipinski definition) is 1. The minimum absolute atomic E-state index is 0.602. The monoisotopic (exact) mass is 336 g/mol. The maximum absolute atomic E-state index is 10.6. The zero-order chi connectivity index (χ0) is 14.7. The first-order chi connectivity index (χ1) is 9.56. The molecule has 0 spiro atoms.